The first-order chi connectivity index (χ1) is 10.1. The van der Waals surface area contributed by atoms with Crippen LogP contribution in [0.3, 0.4) is 0 Å². The molecule has 0 fully saturated rings. The average molecular weight is 343 g/mol. The second kappa shape index (κ2) is 20.8. The molecule has 5 heteroatoms. The van der Waals surface area contributed by atoms with Gasteiger partial charge in [-0.1, -0.05) is 25.1 Å². The molecule has 0 aliphatic carbocycles. The third kappa shape index (κ3) is 16.2. The van der Waals surface area contributed by atoms with Gasteiger partial charge in [-0.05, 0) is 18.8 Å². The van der Waals surface area contributed by atoms with Crippen LogP contribution in [0.5, 0.6) is 0 Å². The van der Waals surface area contributed by atoms with Crippen LogP contribution in [0, 0.1) is 11.3 Å². The van der Waals surface area contributed by atoms with E-state index in [2.05, 4.69) is 24.5 Å². The standard InChI is InChI=1S/C11H8NO.C4H10O.C2H3S.K/c1-9(5-6-13)11-4-2-3-10(7-11)8-12;1-3-4-5-2;1-2-3;/h2-5,7H,1H3;3-4H2,1-2H3;1H3;/q-1;;-1;+1/b9-5+;;;. The van der Waals surface area contributed by atoms with Crippen molar-refractivity contribution in [3.63, 3.8) is 0 Å². The molecule has 3 nitrogen and oxygen atoms in total. The van der Waals surface area contributed by atoms with Gasteiger partial charge in [0.2, 0.25) is 0 Å². The van der Waals surface area contributed by atoms with Crippen molar-refractivity contribution in [2.75, 3.05) is 13.7 Å². The van der Waals surface area contributed by atoms with Gasteiger partial charge in [-0.2, -0.15) is 23.8 Å². The number of benzene rings is 1. The maximum absolute atomic E-state index is 10.1. The van der Waals surface area contributed by atoms with E-state index in [0.717, 1.165) is 24.2 Å². The Labute approximate surface area is 182 Å². The smallest absolute Gasteiger partial charge is 0.428 e. The summed E-state index contributed by atoms with van der Waals surface area (Å²) in [5, 5.41) is 11.0. The fraction of sp³-hybridized carbons (Fsp3) is 0.353. The number of rotatable bonds is 4. The minimum Gasteiger partial charge on any atom is -0.428 e. The Bertz CT molecular complexity index is 480. The topological polar surface area (TPSA) is 50.1 Å². The van der Waals surface area contributed by atoms with Crippen molar-refractivity contribution in [3.8, 4) is 6.07 Å². The van der Waals surface area contributed by atoms with Gasteiger partial charge in [-0.3, -0.25) is 0 Å². The summed E-state index contributed by atoms with van der Waals surface area (Å²) < 4.78 is 4.69. The molecule has 0 spiro atoms. The number of allylic oxidation sites excluding steroid dienone is 2. The van der Waals surface area contributed by atoms with E-state index < -0.39 is 0 Å². The molecule has 0 amide bonds. The molecule has 1 aromatic rings. The van der Waals surface area contributed by atoms with E-state index in [-0.39, 0.29) is 51.4 Å². The van der Waals surface area contributed by atoms with Gasteiger partial charge < -0.3 is 27.1 Å². The second-order valence-electron chi connectivity index (χ2n) is 3.83. The van der Waals surface area contributed by atoms with E-state index >= 15 is 0 Å². The number of carbonyl (C=O) groups excluding carboxylic acids is 1. The third-order valence-electron chi connectivity index (χ3n) is 2.13. The molecule has 0 N–H and O–H groups in total. The molecular weight excluding hydrogens is 321 g/mol. The minimum atomic E-state index is 0. The van der Waals surface area contributed by atoms with Gasteiger partial charge in [0.1, 0.15) is 0 Å². The Morgan fingerprint density at radius 3 is 2.45 bits per heavy atom. The molecule has 0 aromatic heterocycles. The van der Waals surface area contributed by atoms with Gasteiger partial charge in [0, 0.05) is 13.7 Å². The van der Waals surface area contributed by atoms with Crippen LogP contribution in [0.15, 0.2) is 30.3 Å². The van der Waals surface area contributed by atoms with E-state index in [1.54, 1.807) is 45.4 Å². The van der Waals surface area contributed by atoms with Crippen LogP contribution in [0.25, 0.3) is 5.57 Å². The van der Waals surface area contributed by atoms with Crippen LogP contribution >= 0.6 is 12.2 Å². The third-order valence-corrected chi connectivity index (χ3v) is 2.13. The van der Waals surface area contributed by atoms with Crippen molar-refractivity contribution in [3.05, 3.63) is 41.5 Å². The largest absolute Gasteiger partial charge is 1.00 e. The number of nitriles is 1. The number of thiocarbonyl (C=S) groups is 1. The zero-order valence-electron chi connectivity index (χ0n) is 14.0. The van der Waals surface area contributed by atoms with Crippen molar-refractivity contribution in [1.29, 1.82) is 5.26 Å². The second-order valence-corrected chi connectivity index (χ2v) is 4.24. The summed E-state index contributed by atoms with van der Waals surface area (Å²) in [5.74, 6) is 0. The van der Waals surface area contributed by atoms with E-state index in [0.29, 0.717) is 5.56 Å². The van der Waals surface area contributed by atoms with Crippen LogP contribution in [0.2, 0.25) is 0 Å². The Kier molecular flexibility index (Phi) is 25.2. The summed E-state index contributed by atoms with van der Waals surface area (Å²) in [5.41, 5.74) is 2.28. The normalized spacial score (nSPS) is 8.77. The van der Waals surface area contributed by atoms with Crippen molar-refractivity contribution >= 4 is 29.4 Å². The molecular formula is C17H21KNO2S-. The van der Waals surface area contributed by atoms with Crippen LogP contribution < -0.4 is 51.4 Å². The summed E-state index contributed by atoms with van der Waals surface area (Å²) in [6, 6.07) is 9.14. The van der Waals surface area contributed by atoms with E-state index in [9.17, 15) is 4.79 Å². The molecule has 0 atom stereocenters. The molecule has 1 rings (SSSR count). The molecule has 0 aliphatic heterocycles. The predicted molar refractivity (Wildman–Crippen MR) is 90.9 cm³/mol. The maximum Gasteiger partial charge on any atom is 1.00 e. The zero-order chi connectivity index (χ0) is 16.5. The van der Waals surface area contributed by atoms with E-state index in [1.165, 1.54) is 6.08 Å². The van der Waals surface area contributed by atoms with E-state index in [1.807, 2.05) is 12.1 Å². The van der Waals surface area contributed by atoms with Gasteiger partial charge in [-0.25, -0.2) is 0 Å². The first-order valence-electron chi connectivity index (χ1n) is 6.43. The molecule has 1 aromatic carbocycles. The Morgan fingerprint density at radius 1 is 1.50 bits per heavy atom. The molecule has 0 bridgehead atoms. The predicted octanol–water partition coefficient (Wildman–Crippen LogP) is 1.00. The van der Waals surface area contributed by atoms with Gasteiger partial charge in [0.05, 0.1) is 11.6 Å². The molecule has 114 valence electrons. The number of methoxy groups -OCH3 is 1. The summed E-state index contributed by atoms with van der Waals surface area (Å²) in [6.45, 7) is 6.47. The summed E-state index contributed by atoms with van der Waals surface area (Å²) in [4.78, 5) is 10.1. The van der Waals surface area contributed by atoms with Crippen molar-refractivity contribution in [2.45, 2.75) is 27.2 Å². The molecule has 0 aliphatic rings. The molecule has 0 unspecified atom stereocenters. The molecule has 0 saturated carbocycles. The molecule has 0 saturated heterocycles. The van der Waals surface area contributed by atoms with Crippen molar-refractivity contribution in [1.82, 2.24) is 0 Å². The Morgan fingerprint density at radius 2 is 2.09 bits per heavy atom. The minimum absolute atomic E-state index is 0. The van der Waals surface area contributed by atoms with Crippen LogP contribution in [0.1, 0.15) is 38.3 Å². The van der Waals surface area contributed by atoms with Crippen molar-refractivity contribution < 1.29 is 60.9 Å². The monoisotopic (exact) mass is 342 g/mol. The summed E-state index contributed by atoms with van der Waals surface area (Å²) >= 11 is 4.14. The summed E-state index contributed by atoms with van der Waals surface area (Å²) in [6.07, 6.45) is 4.19. The van der Waals surface area contributed by atoms with Crippen LogP contribution in [0.4, 0.5) is 0 Å². The zero-order valence-corrected chi connectivity index (χ0v) is 17.9. The Balaban J connectivity index is -0.000000339. The van der Waals surface area contributed by atoms with Gasteiger partial charge in [0.25, 0.3) is 0 Å². The van der Waals surface area contributed by atoms with Crippen molar-refractivity contribution in [2.24, 2.45) is 0 Å². The first-order valence-corrected chi connectivity index (χ1v) is 6.84. The van der Waals surface area contributed by atoms with E-state index in [4.69, 9.17) is 10.00 Å². The number of hydrogen-bond donors (Lipinski definition) is 0. The fourth-order valence-corrected chi connectivity index (χ4v) is 1.21. The summed E-state index contributed by atoms with van der Waals surface area (Å²) in [7, 11) is 1.71. The first kappa shape index (κ1) is 26.7. The quantitative estimate of drug-likeness (QED) is 0.355. The van der Waals surface area contributed by atoms with Crippen LogP contribution in [-0.4, -0.2) is 25.4 Å². The number of ether oxygens (including phenoxy) is 1. The number of hydrogen-bond acceptors (Lipinski definition) is 4. The average Bonchev–Trinajstić information content (AvgIpc) is 2.50. The van der Waals surface area contributed by atoms with Gasteiger partial charge in [-0.15, -0.1) is 12.5 Å². The maximum atomic E-state index is 10.1. The SMILES string of the molecule is C/C(=C\[C-]=O)c1cccc(C#N)c1.CCCOC.C[C-]=S.[K+]. The molecule has 0 heterocycles. The van der Waals surface area contributed by atoms with Gasteiger partial charge >= 0.3 is 51.4 Å². The molecule has 22 heavy (non-hydrogen) atoms. The fourth-order valence-electron chi connectivity index (χ4n) is 1.21. The van der Waals surface area contributed by atoms with Gasteiger partial charge in [0.15, 0.2) is 0 Å². The van der Waals surface area contributed by atoms with Crippen LogP contribution in [-0.2, 0) is 9.53 Å². The molecule has 0 radical (unpaired) electrons. The Hall–Kier alpha value is -0.194. The number of nitrogens with zero attached hydrogens (tertiary/aromatic N) is 1.